The molecule has 0 aliphatic carbocycles. The Morgan fingerprint density at radius 2 is 1.88 bits per heavy atom. The van der Waals surface area contributed by atoms with Crippen LogP contribution in [0.25, 0.3) is 10.9 Å². The topological polar surface area (TPSA) is 130 Å². The SMILES string of the molecule is C=CCN(N)[C@H]1CN(Cc2cccc3ccn(Cc4cccc([N+](=O)[O-])c4)c23)C(=O)[C@H](Cc2ccc(O)cc2)N1. The van der Waals surface area contributed by atoms with E-state index in [4.69, 9.17) is 5.84 Å². The zero-order valence-corrected chi connectivity index (χ0v) is 22.0. The van der Waals surface area contributed by atoms with Gasteiger partial charge in [-0.15, -0.1) is 6.58 Å². The molecule has 206 valence electrons. The highest BCUT2D eigenvalue weighted by atomic mass is 16.6. The van der Waals surface area contributed by atoms with Crippen LogP contribution in [0.15, 0.2) is 91.6 Å². The second-order valence-corrected chi connectivity index (χ2v) is 10.0. The van der Waals surface area contributed by atoms with Gasteiger partial charge in [0.05, 0.1) is 29.2 Å². The predicted molar refractivity (Wildman–Crippen MR) is 153 cm³/mol. The number of fused-ring (bicyclic) bond motifs is 1. The number of aromatic hydroxyl groups is 1. The number of nitro groups is 1. The third kappa shape index (κ3) is 5.89. The summed E-state index contributed by atoms with van der Waals surface area (Å²) >= 11 is 0. The Morgan fingerprint density at radius 3 is 2.62 bits per heavy atom. The molecule has 10 heteroatoms. The third-order valence-electron chi connectivity index (χ3n) is 7.22. The lowest BCUT2D eigenvalue weighted by atomic mass is 10.0. The van der Waals surface area contributed by atoms with E-state index in [2.05, 4.69) is 16.5 Å². The Hall–Kier alpha value is -4.51. The Balaban J connectivity index is 1.44. The van der Waals surface area contributed by atoms with Crippen molar-refractivity contribution in [2.45, 2.75) is 31.7 Å². The number of aromatic nitrogens is 1. The molecule has 1 saturated heterocycles. The molecule has 0 radical (unpaired) electrons. The number of nitrogens with two attached hydrogens (primary N) is 1. The lowest BCUT2D eigenvalue weighted by molar-refractivity contribution is -0.384. The molecule has 10 nitrogen and oxygen atoms in total. The van der Waals surface area contributed by atoms with Crippen molar-refractivity contribution in [3.63, 3.8) is 0 Å². The van der Waals surface area contributed by atoms with Crippen LogP contribution in [-0.2, 0) is 24.3 Å². The molecule has 1 aliphatic heterocycles. The van der Waals surface area contributed by atoms with Crippen LogP contribution in [0.1, 0.15) is 16.7 Å². The Kier molecular flexibility index (Phi) is 7.92. The van der Waals surface area contributed by atoms with Crippen molar-refractivity contribution in [3.8, 4) is 5.75 Å². The Morgan fingerprint density at radius 1 is 1.10 bits per heavy atom. The fraction of sp³-hybridized carbons (Fsp3) is 0.233. The van der Waals surface area contributed by atoms with Crippen molar-refractivity contribution >= 4 is 22.5 Å². The van der Waals surface area contributed by atoms with Gasteiger partial charge in [-0.25, -0.2) is 5.01 Å². The van der Waals surface area contributed by atoms with E-state index < -0.39 is 11.0 Å². The molecular weight excluding hydrogens is 508 g/mol. The van der Waals surface area contributed by atoms with E-state index in [9.17, 15) is 20.0 Å². The van der Waals surface area contributed by atoms with E-state index in [1.165, 1.54) is 6.07 Å². The first kappa shape index (κ1) is 27.1. The van der Waals surface area contributed by atoms with Crippen molar-refractivity contribution in [2.24, 2.45) is 5.84 Å². The number of phenolic OH excluding ortho intramolecular Hbond substituents is 1. The van der Waals surface area contributed by atoms with Gasteiger partial charge in [-0.3, -0.25) is 26.1 Å². The third-order valence-corrected chi connectivity index (χ3v) is 7.22. The van der Waals surface area contributed by atoms with Gasteiger partial charge in [-0.2, -0.15) is 0 Å². The lowest BCUT2D eigenvalue weighted by Crippen LogP contribution is -2.66. The second-order valence-electron chi connectivity index (χ2n) is 10.0. The maximum absolute atomic E-state index is 13.7. The summed E-state index contributed by atoms with van der Waals surface area (Å²) in [6.45, 7) is 5.46. The van der Waals surface area contributed by atoms with Gasteiger partial charge in [0, 0.05) is 38.0 Å². The molecule has 0 spiro atoms. The summed E-state index contributed by atoms with van der Waals surface area (Å²) < 4.78 is 2.06. The summed E-state index contributed by atoms with van der Waals surface area (Å²) in [7, 11) is 0. The number of rotatable bonds is 10. The first-order chi connectivity index (χ1) is 19.3. The van der Waals surface area contributed by atoms with Crippen molar-refractivity contribution in [3.05, 3.63) is 118 Å². The number of benzene rings is 3. The van der Waals surface area contributed by atoms with Gasteiger partial charge in [-0.05, 0) is 46.7 Å². The molecule has 0 unspecified atom stereocenters. The fourth-order valence-electron chi connectivity index (χ4n) is 5.28. The first-order valence-electron chi connectivity index (χ1n) is 13.1. The molecular formula is C30H32N6O4. The number of phenols is 1. The van der Waals surface area contributed by atoms with Gasteiger partial charge >= 0.3 is 0 Å². The molecule has 2 heterocycles. The van der Waals surface area contributed by atoms with Crippen molar-refractivity contribution in [1.29, 1.82) is 0 Å². The largest absolute Gasteiger partial charge is 0.508 e. The molecule has 0 bridgehead atoms. The van der Waals surface area contributed by atoms with Gasteiger partial charge in [0.25, 0.3) is 5.69 Å². The normalized spacial score (nSPS) is 17.4. The molecule has 5 rings (SSSR count). The number of amides is 1. The zero-order chi connectivity index (χ0) is 28.2. The number of hydrogen-bond donors (Lipinski definition) is 3. The molecule has 2 atom stereocenters. The van der Waals surface area contributed by atoms with E-state index in [0.29, 0.717) is 32.6 Å². The van der Waals surface area contributed by atoms with E-state index in [1.807, 2.05) is 53.6 Å². The van der Waals surface area contributed by atoms with Crippen molar-refractivity contribution < 1.29 is 14.8 Å². The first-order valence-corrected chi connectivity index (χ1v) is 13.1. The minimum atomic E-state index is -0.505. The van der Waals surface area contributed by atoms with E-state index in [-0.39, 0.29) is 23.5 Å². The van der Waals surface area contributed by atoms with Crippen LogP contribution in [0, 0.1) is 10.1 Å². The van der Waals surface area contributed by atoms with Crippen LogP contribution >= 0.6 is 0 Å². The number of piperazine rings is 1. The molecule has 3 aromatic carbocycles. The lowest BCUT2D eigenvalue weighted by Gasteiger charge is -2.41. The number of nitro benzene ring substituents is 1. The summed E-state index contributed by atoms with van der Waals surface area (Å²) in [6.07, 6.45) is 3.85. The molecule has 4 aromatic rings. The van der Waals surface area contributed by atoms with Crippen LogP contribution in [0.4, 0.5) is 5.69 Å². The van der Waals surface area contributed by atoms with E-state index >= 15 is 0 Å². The quantitative estimate of drug-likeness (QED) is 0.121. The fourth-order valence-corrected chi connectivity index (χ4v) is 5.28. The highest BCUT2D eigenvalue weighted by molar-refractivity contribution is 5.86. The molecule has 1 aliphatic rings. The summed E-state index contributed by atoms with van der Waals surface area (Å²) in [6, 6.07) is 21.0. The minimum absolute atomic E-state index is 0.0369. The highest BCUT2D eigenvalue weighted by Crippen LogP contribution is 2.25. The number of para-hydroxylation sites is 1. The van der Waals surface area contributed by atoms with Gasteiger partial charge in [0.15, 0.2) is 0 Å². The molecule has 4 N–H and O–H groups in total. The molecule has 1 fully saturated rings. The number of carbonyl (C=O) groups is 1. The maximum atomic E-state index is 13.7. The number of hydrogen-bond acceptors (Lipinski definition) is 7. The summed E-state index contributed by atoms with van der Waals surface area (Å²) in [5, 5.41) is 27.0. The Labute approximate surface area is 232 Å². The van der Waals surface area contributed by atoms with Gasteiger partial charge in [-0.1, -0.05) is 48.5 Å². The average molecular weight is 541 g/mol. The molecule has 40 heavy (non-hydrogen) atoms. The Bertz CT molecular complexity index is 1530. The van der Waals surface area contributed by atoms with Crippen LogP contribution in [0.2, 0.25) is 0 Å². The van der Waals surface area contributed by atoms with Crippen LogP contribution in [0.5, 0.6) is 5.75 Å². The number of carbonyl (C=O) groups excluding carboxylic acids is 1. The van der Waals surface area contributed by atoms with Crippen LogP contribution in [0.3, 0.4) is 0 Å². The predicted octanol–water partition coefficient (Wildman–Crippen LogP) is 3.53. The maximum Gasteiger partial charge on any atom is 0.269 e. The van der Waals surface area contributed by atoms with Crippen molar-refractivity contribution in [1.82, 2.24) is 19.8 Å². The number of hydrazine groups is 1. The van der Waals surface area contributed by atoms with Crippen LogP contribution in [-0.4, -0.2) is 55.7 Å². The van der Waals surface area contributed by atoms with Gasteiger partial charge in [0.2, 0.25) is 5.91 Å². The van der Waals surface area contributed by atoms with Crippen molar-refractivity contribution in [2.75, 3.05) is 13.1 Å². The summed E-state index contributed by atoms with van der Waals surface area (Å²) in [4.78, 5) is 26.5. The highest BCUT2D eigenvalue weighted by Gasteiger charge is 2.35. The standard InChI is InChI=1S/C30H32N6O4/c1-2-14-35(31)28-20-34(30(38)27(32-28)17-21-9-11-26(37)12-10-21)19-24-7-4-6-23-13-15-33(29(23)24)18-22-5-3-8-25(16-22)36(39)40/h2-13,15-16,27-28,32,37H,1,14,17-20,31H2/t27-,28-/m0/s1. The molecule has 0 saturated carbocycles. The second kappa shape index (κ2) is 11.7. The smallest absolute Gasteiger partial charge is 0.269 e. The van der Waals surface area contributed by atoms with Gasteiger partial charge in [0.1, 0.15) is 5.75 Å². The zero-order valence-electron chi connectivity index (χ0n) is 22.0. The number of non-ortho nitro benzene ring substituents is 1. The minimum Gasteiger partial charge on any atom is -0.508 e. The van der Waals surface area contributed by atoms with Crippen LogP contribution < -0.4 is 11.2 Å². The van der Waals surface area contributed by atoms with E-state index in [1.54, 1.807) is 35.4 Å². The summed E-state index contributed by atoms with van der Waals surface area (Å²) in [5.41, 5.74) is 3.74. The molecule has 1 amide bonds. The monoisotopic (exact) mass is 540 g/mol. The number of nitrogens with one attached hydrogen (secondary N) is 1. The average Bonchev–Trinajstić information content (AvgIpc) is 3.35. The summed E-state index contributed by atoms with van der Waals surface area (Å²) in [5.74, 6) is 6.47. The van der Waals surface area contributed by atoms with E-state index in [0.717, 1.165) is 27.6 Å². The van der Waals surface area contributed by atoms with Gasteiger partial charge < -0.3 is 14.6 Å². The number of nitrogens with zero attached hydrogens (tertiary/aromatic N) is 4. The molecule has 1 aromatic heterocycles.